The highest BCUT2D eigenvalue weighted by atomic mass is 16.4. The molecule has 0 fully saturated rings. The maximum atomic E-state index is 11.9. The van der Waals surface area contributed by atoms with E-state index in [9.17, 15) is 19.8 Å². The van der Waals surface area contributed by atoms with Gasteiger partial charge in [0, 0.05) is 17.3 Å². The number of carbonyl (C=O) groups excluding carboxylic acids is 1. The van der Waals surface area contributed by atoms with Gasteiger partial charge in [-0.25, -0.2) is 4.79 Å². The molecule has 0 radical (unpaired) electrons. The lowest BCUT2D eigenvalue weighted by Crippen LogP contribution is -2.11. The van der Waals surface area contributed by atoms with Crippen LogP contribution in [-0.2, 0) is 0 Å². The summed E-state index contributed by atoms with van der Waals surface area (Å²) in [4.78, 5) is 22.6. The predicted octanol–water partition coefficient (Wildman–Crippen LogP) is 2.05. The molecule has 0 saturated carbocycles. The second-order valence-corrected chi connectivity index (χ2v) is 4.04. The lowest BCUT2D eigenvalue weighted by molar-refractivity contribution is 0.0693. The van der Waals surface area contributed by atoms with Gasteiger partial charge in [0.1, 0.15) is 17.1 Å². The van der Waals surface area contributed by atoms with Crippen LogP contribution in [0.5, 0.6) is 11.5 Å². The Hall–Kier alpha value is -3.02. The summed E-state index contributed by atoms with van der Waals surface area (Å²) in [6.45, 7) is 0. The average Bonchev–Trinajstić information content (AvgIpc) is 2.38. The molecule has 0 aromatic heterocycles. The molecule has 2 rings (SSSR count). The van der Waals surface area contributed by atoms with E-state index in [1.165, 1.54) is 36.4 Å². The van der Waals surface area contributed by atoms with Crippen LogP contribution in [0.4, 0.5) is 5.69 Å². The molecular formula is C14H11NO5. The van der Waals surface area contributed by atoms with Crippen LogP contribution in [0.2, 0.25) is 0 Å². The Kier molecular flexibility index (Phi) is 3.56. The number of carboxylic acids is 1. The maximum Gasteiger partial charge on any atom is 0.339 e. The zero-order valence-electron chi connectivity index (χ0n) is 10.2. The van der Waals surface area contributed by atoms with Crippen molar-refractivity contribution in [2.45, 2.75) is 0 Å². The van der Waals surface area contributed by atoms with Crippen LogP contribution in [-0.4, -0.2) is 27.2 Å². The van der Waals surface area contributed by atoms with Gasteiger partial charge < -0.3 is 20.6 Å². The Labute approximate surface area is 113 Å². The minimum absolute atomic E-state index is 0.0401. The highest BCUT2D eigenvalue weighted by Gasteiger charge is 2.12. The lowest BCUT2D eigenvalue weighted by Gasteiger charge is -2.07. The van der Waals surface area contributed by atoms with Crippen molar-refractivity contribution in [3.8, 4) is 11.5 Å². The molecular weight excluding hydrogens is 262 g/mol. The summed E-state index contributed by atoms with van der Waals surface area (Å²) >= 11 is 0. The fourth-order valence-electron chi connectivity index (χ4n) is 1.64. The number of aromatic carboxylic acids is 1. The van der Waals surface area contributed by atoms with Gasteiger partial charge in [0.2, 0.25) is 0 Å². The summed E-state index contributed by atoms with van der Waals surface area (Å²) in [5.74, 6) is -2.22. The fourth-order valence-corrected chi connectivity index (χ4v) is 1.64. The number of carbonyl (C=O) groups is 2. The van der Waals surface area contributed by atoms with Gasteiger partial charge in [0.25, 0.3) is 5.91 Å². The van der Waals surface area contributed by atoms with Crippen molar-refractivity contribution in [1.29, 1.82) is 0 Å². The standard InChI is InChI=1S/C14H11NO5/c16-10-3-1-2-8(6-10)13(18)15-9-4-5-11(14(19)20)12(17)7-9/h1-7,16-17H,(H,15,18)(H,19,20). The number of carboxylic acid groups (broad SMARTS) is 1. The summed E-state index contributed by atoms with van der Waals surface area (Å²) in [5.41, 5.74) is 0.244. The smallest absolute Gasteiger partial charge is 0.339 e. The molecule has 0 aliphatic rings. The van der Waals surface area contributed by atoms with Gasteiger partial charge >= 0.3 is 5.97 Å². The normalized spacial score (nSPS) is 10.0. The molecule has 2 aromatic carbocycles. The minimum atomic E-state index is -1.26. The van der Waals surface area contributed by atoms with Gasteiger partial charge in [0.05, 0.1) is 0 Å². The van der Waals surface area contributed by atoms with Gasteiger partial charge in [-0.2, -0.15) is 0 Å². The van der Waals surface area contributed by atoms with E-state index in [2.05, 4.69) is 5.32 Å². The fraction of sp³-hybridized carbons (Fsp3) is 0. The molecule has 1 amide bonds. The highest BCUT2D eigenvalue weighted by molar-refractivity contribution is 6.05. The number of anilines is 1. The number of phenolic OH excluding ortho intramolecular Hbond substituents is 1. The Bertz CT molecular complexity index is 681. The van der Waals surface area contributed by atoms with Crippen molar-refractivity contribution >= 4 is 17.6 Å². The maximum absolute atomic E-state index is 11.9. The first-order valence-corrected chi connectivity index (χ1v) is 5.64. The first-order chi connectivity index (χ1) is 9.47. The Morgan fingerprint density at radius 2 is 1.75 bits per heavy atom. The number of aromatic hydroxyl groups is 2. The number of rotatable bonds is 3. The average molecular weight is 273 g/mol. The summed E-state index contributed by atoms with van der Waals surface area (Å²) in [6.07, 6.45) is 0. The molecule has 2 aromatic rings. The van der Waals surface area contributed by atoms with Gasteiger partial charge in [-0.1, -0.05) is 6.07 Å². The zero-order chi connectivity index (χ0) is 14.7. The van der Waals surface area contributed by atoms with E-state index in [1.54, 1.807) is 0 Å². The quantitative estimate of drug-likeness (QED) is 0.684. The number of phenols is 2. The van der Waals surface area contributed by atoms with Crippen molar-refractivity contribution in [3.63, 3.8) is 0 Å². The van der Waals surface area contributed by atoms with Crippen LogP contribution in [0, 0.1) is 0 Å². The molecule has 6 heteroatoms. The van der Waals surface area contributed by atoms with Crippen molar-refractivity contribution in [2.24, 2.45) is 0 Å². The number of nitrogens with one attached hydrogen (secondary N) is 1. The molecule has 0 heterocycles. The van der Waals surface area contributed by atoms with Crippen LogP contribution in [0.1, 0.15) is 20.7 Å². The van der Waals surface area contributed by atoms with Crippen LogP contribution in [0.3, 0.4) is 0 Å². The molecule has 102 valence electrons. The van der Waals surface area contributed by atoms with Gasteiger partial charge in [-0.05, 0) is 30.3 Å². The zero-order valence-corrected chi connectivity index (χ0v) is 10.2. The van der Waals surface area contributed by atoms with E-state index in [-0.39, 0.29) is 22.6 Å². The monoisotopic (exact) mass is 273 g/mol. The topological polar surface area (TPSA) is 107 Å². The predicted molar refractivity (Wildman–Crippen MR) is 71.1 cm³/mol. The van der Waals surface area contributed by atoms with Gasteiger partial charge in [-0.15, -0.1) is 0 Å². The molecule has 20 heavy (non-hydrogen) atoms. The molecule has 0 atom stereocenters. The third-order valence-corrected chi connectivity index (χ3v) is 2.59. The summed E-state index contributed by atoms with van der Waals surface area (Å²) < 4.78 is 0. The molecule has 0 saturated heterocycles. The van der Waals surface area contributed by atoms with E-state index >= 15 is 0 Å². The molecule has 4 N–H and O–H groups in total. The van der Waals surface area contributed by atoms with Crippen LogP contribution in [0.15, 0.2) is 42.5 Å². The largest absolute Gasteiger partial charge is 0.508 e. The third kappa shape index (κ3) is 2.86. The third-order valence-electron chi connectivity index (χ3n) is 2.59. The second-order valence-electron chi connectivity index (χ2n) is 4.04. The summed E-state index contributed by atoms with van der Waals surface area (Å²) in [6, 6.07) is 9.46. The van der Waals surface area contributed by atoms with Gasteiger partial charge in [-0.3, -0.25) is 4.79 Å². The summed E-state index contributed by atoms with van der Waals surface area (Å²) in [7, 11) is 0. The molecule has 0 unspecified atom stereocenters. The second kappa shape index (κ2) is 5.31. The van der Waals surface area contributed by atoms with Gasteiger partial charge in [0.15, 0.2) is 0 Å². The molecule has 0 bridgehead atoms. The molecule has 0 spiro atoms. The number of benzene rings is 2. The number of amides is 1. The molecule has 6 nitrogen and oxygen atoms in total. The highest BCUT2D eigenvalue weighted by Crippen LogP contribution is 2.22. The molecule has 0 aliphatic heterocycles. The number of hydrogen-bond donors (Lipinski definition) is 4. The summed E-state index contributed by atoms with van der Waals surface area (Å²) in [5, 5.41) is 30.1. The Morgan fingerprint density at radius 1 is 1.00 bits per heavy atom. The molecule has 0 aliphatic carbocycles. The number of hydrogen-bond acceptors (Lipinski definition) is 4. The Balaban J connectivity index is 2.20. The minimum Gasteiger partial charge on any atom is -0.508 e. The van der Waals surface area contributed by atoms with E-state index in [1.807, 2.05) is 0 Å². The van der Waals surface area contributed by atoms with E-state index in [0.717, 1.165) is 6.07 Å². The van der Waals surface area contributed by atoms with Crippen molar-refractivity contribution in [1.82, 2.24) is 0 Å². The van der Waals surface area contributed by atoms with Crippen molar-refractivity contribution in [2.75, 3.05) is 5.32 Å². The van der Waals surface area contributed by atoms with Crippen LogP contribution >= 0.6 is 0 Å². The van der Waals surface area contributed by atoms with E-state index in [4.69, 9.17) is 5.11 Å². The van der Waals surface area contributed by atoms with E-state index < -0.39 is 17.6 Å². The van der Waals surface area contributed by atoms with E-state index in [0.29, 0.717) is 0 Å². The van der Waals surface area contributed by atoms with Crippen molar-refractivity contribution in [3.05, 3.63) is 53.6 Å². The first kappa shape index (κ1) is 13.4. The SMILES string of the molecule is O=C(Nc1ccc(C(=O)O)c(O)c1)c1cccc(O)c1. The van der Waals surface area contributed by atoms with Crippen LogP contribution in [0.25, 0.3) is 0 Å². The van der Waals surface area contributed by atoms with Crippen LogP contribution < -0.4 is 5.32 Å². The lowest BCUT2D eigenvalue weighted by atomic mass is 10.1. The first-order valence-electron chi connectivity index (χ1n) is 5.64. The van der Waals surface area contributed by atoms with Crippen molar-refractivity contribution < 1.29 is 24.9 Å². The Morgan fingerprint density at radius 3 is 2.35 bits per heavy atom.